The van der Waals surface area contributed by atoms with Gasteiger partial charge in [-0.25, -0.2) is 0 Å². The standard InChI is InChI=1S/C25H39NO5/c1-3-5-10-14-24(29,4-2)15-13-21-20(19-26)18-25(30-16-17-31-25)22(21)11-8-6-7-9-12-23(27)28/h2,20-22,29H,3,5-18H2,1H3,(H,27,28)/t20-,21-,22+,24?/m1/s1. The Morgan fingerprint density at radius 3 is 2.45 bits per heavy atom. The average Bonchev–Trinajstić information content (AvgIpc) is 3.34. The fraction of sp³-hybridized carbons (Fsp3) is 0.840. The van der Waals surface area contributed by atoms with E-state index in [0.29, 0.717) is 45.3 Å². The fourth-order valence-electron chi connectivity index (χ4n) is 5.33. The summed E-state index contributed by atoms with van der Waals surface area (Å²) in [6.07, 6.45) is 15.6. The molecule has 2 fully saturated rings. The molecule has 0 aromatic rings. The van der Waals surface area contributed by atoms with Gasteiger partial charge in [0.15, 0.2) is 5.79 Å². The van der Waals surface area contributed by atoms with Gasteiger partial charge in [-0.05, 0) is 44.4 Å². The highest BCUT2D eigenvalue weighted by atomic mass is 16.7. The number of hydrogen-bond donors (Lipinski definition) is 2. The lowest BCUT2D eigenvalue weighted by Gasteiger charge is -2.33. The van der Waals surface area contributed by atoms with Crippen LogP contribution in [-0.4, -0.2) is 40.8 Å². The van der Waals surface area contributed by atoms with Gasteiger partial charge in [0, 0.05) is 18.8 Å². The van der Waals surface area contributed by atoms with Crippen LogP contribution in [-0.2, 0) is 14.3 Å². The van der Waals surface area contributed by atoms with Crippen molar-refractivity contribution in [3.05, 3.63) is 0 Å². The Morgan fingerprint density at radius 1 is 1.13 bits per heavy atom. The molecule has 31 heavy (non-hydrogen) atoms. The molecule has 1 unspecified atom stereocenters. The number of ether oxygens (including phenoxy) is 2. The van der Waals surface area contributed by atoms with Gasteiger partial charge in [-0.2, -0.15) is 5.26 Å². The Balaban J connectivity index is 2.00. The molecule has 2 rings (SSSR count). The fourth-order valence-corrected chi connectivity index (χ4v) is 5.33. The SMILES string of the molecule is C#CC(O)(CCCCC)CC[C@@H]1[C@@H](C#N)CC2(OCCO2)[C@H]1CCCCCCC(=O)O. The highest BCUT2D eigenvalue weighted by Crippen LogP contribution is 2.53. The largest absolute Gasteiger partial charge is 0.481 e. The van der Waals surface area contributed by atoms with Crippen LogP contribution in [0.4, 0.5) is 0 Å². The van der Waals surface area contributed by atoms with E-state index in [1.807, 2.05) is 0 Å². The highest BCUT2D eigenvalue weighted by Gasteiger charge is 2.56. The van der Waals surface area contributed by atoms with E-state index >= 15 is 0 Å². The maximum Gasteiger partial charge on any atom is 0.303 e. The predicted octanol–water partition coefficient (Wildman–Crippen LogP) is 4.66. The number of hydrogen-bond acceptors (Lipinski definition) is 5. The lowest BCUT2D eigenvalue weighted by molar-refractivity contribution is -0.188. The number of aliphatic carboxylic acids is 1. The van der Waals surface area contributed by atoms with Gasteiger partial charge in [-0.15, -0.1) is 6.42 Å². The van der Waals surface area contributed by atoms with Gasteiger partial charge in [-0.1, -0.05) is 44.9 Å². The van der Waals surface area contributed by atoms with Crippen LogP contribution in [0, 0.1) is 41.4 Å². The zero-order chi connectivity index (χ0) is 22.7. The molecule has 1 spiro atoms. The molecule has 1 saturated carbocycles. The first-order chi connectivity index (χ1) is 14.9. The Bertz CT molecular complexity index is 645. The van der Waals surface area contributed by atoms with Crippen molar-refractivity contribution in [2.24, 2.45) is 17.8 Å². The molecule has 174 valence electrons. The molecule has 0 aromatic heterocycles. The summed E-state index contributed by atoms with van der Waals surface area (Å²) in [5, 5.41) is 29.5. The van der Waals surface area contributed by atoms with Crippen molar-refractivity contribution in [1.29, 1.82) is 5.26 Å². The van der Waals surface area contributed by atoms with Crippen LogP contribution in [0.2, 0.25) is 0 Å². The second kappa shape index (κ2) is 12.4. The maximum absolute atomic E-state index is 10.9. The summed E-state index contributed by atoms with van der Waals surface area (Å²) < 4.78 is 12.1. The van der Waals surface area contributed by atoms with Crippen LogP contribution in [0.1, 0.15) is 90.4 Å². The number of rotatable bonds is 14. The van der Waals surface area contributed by atoms with Gasteiger partial charge in [0.05, 0.1) is 25.2 Å². The number of terminal acetylenes is 1. The molecule has 2 aliphatic rings. The molecule has 0 amide bonds. The van der Waals surface area contributed by atoms with Crippen LogP contribution in [0.25, 0.3) is 0 Å². The number of carboxylic acids is 1. The van der Waals surface area contributed by atoms with Gasteiger partial charge in [0.25, 0.3) is 0 Å². The first kappa shape index (κ1) is 25.7. The molecule has 2 N–H and O–H groups in total. The average molecular weight is 434 g/mol. The first-order valence-corrected chi connectivity index (χ1v) is 12.0. The zero-order valence-electron chi connectivity index (χ0n) is 19.0. The third-order valence-corrected chi connectivity index (χ3v) is 7.05. The van der Waals surface area contributed by atoms with Gasteiger partial charge < -0.3 is 19.7 Å². The minimum atomic E-state index is -1.12. The maximum atomic E-state index is 10.9. The lowest BCUT2D eigenvalue weighted by atomic mass is 9.79. The Morgan fingerprint density at radius 2 is 1.84 bits per heavy atom. The summed E-state index contributed by atoms with van der Waals surface area (Å²) in [4.78, 5) is 10.7. The quantitative estimate of drug-likeness (QED) is 0.305. The predicted molar refractivity (Wildman–Crippen MR) is 118 cm³/mol. The third-order valence-electron chi connectivity index (χ3n) is 7.05. The molecule has 0 radical (unpaired) electrons. The molecule has 6 heteroatoms. The summed E-state index contributed by atoms with van der Waals surface area (Å²) in [7, 11) is 0. The van der Waals surface area contributed by atoms with Crippen molar-refractivity contribution in [2.45, 2.75) is 102 Å². The van der Waals surface area contributed by atoms with E-state index in [2.05, 4.69) is 18.9 Å². The molecule has 1 aliphatic heterocycles. The summed E-state index contributed by atoms with van der Waals surface area (Å²) in [6.45, 7) is 3.22. The van der Waals surface area contributed by atoms with E-state index in [0.717, 1.165) is 44.9 Å². The third kappa shape index (κ3) is 7.21. The number of nitrogens with zero attached hydrogens (tertiary/aromatic N) is 1. The van der Waals surface area contributed by atoms with Crippen LogP contribution in [0.5, 0.6) is 0 Å². The van der Waals surface area contributed by atoms with Crippen molar-refractivity contribution < 1.29 is 24.5 Å². The van der Waals surface area contributed by atoms with E-state index < -0.39 is 17.4 Å². The summed E-state index contributed by atoms with van der Waals surface area (Å²) in [5.41, 5.74) is -1.12. The topological polar surface area (TPSA) is 99.8 Å². The number of unbranched alkanes of at least 4 members (excludes halogenated alkanes) is 5. The highest BCUT2D eigenvalue weighted by molar-refractivity contribution is 5.66. The second-order valence-corrected chi connectivity index (χ2v) is 9.24. The summed E-state index contributed by atoms with van der Waals surface area (Å²) in [6, 6.07) is 2.47. The van der Waals surface area contributed by atoms with Crippen LogP contribution < -0.4 is 0 Å². The Hall–Kier alpha value is -1.60. The van der Waals surface area contributed by atoms with Gasteiger partial charge in [0.1, 0.15) is 5.60 Å². The van der Waals surface area contributed by atoms with Crippen LogP contribution in [0.3, 0.4) is 0 Å². The number of nitriles is 1. The van der Waals surface area contributed by atoms with E-state index in [1.165, 1.54) is 0 Å². The van der Waals surface area contributed by atoms with Crippen molar-refractivity contribution >= 4 is 5.97 Å². The number of carbonyl (C=O) groups is 1. The van der Waals surface area contributed by atoms with Gasteiger partial charge in [0.2, 0.25) is 0 Å². The summed E-state index contributed by atoms with van der Waals surface area (Å²) in [5.74, 6) is 1.16. The van der Waals surface area contributed by atoms with Crippen molar-refractivity contribution in [2.75, 3.05) is 13.2 Å². The molecule has 0 bridgehead atoms. The smallest absolute Gasteiger partial charge is 0.303 e. The normalized spacial score (nSPS) is 26.4. The molecule has 4 atom stereocenters. The molecular weight excluding hydrogens is 394 g/mol. The van der Waals surface area contributed by atoms with Crippen molar-refractivity contribution in [1.82, 2.24) is 0 Å². The first-order valence-electron chi connectivity index (χ1n) is 12.0. The lowest BCUT2D eigenvalue weighted by Crippen LogP contribution is -2.37. The second-order valence-electron chi connectivity index (χ2n) is 9.24. The monoisotopic (exact) mass is 433 g/mol. The van der Waals surface area contributed by atoms with Gasteiger partial charge >= 0.3 is 5.97 Å². The number of aliphatic hydroxyl groups is 1. The minimum absolute atomic E-state index is 0.0770. The summed E-state index contributed by atoms with van der Waals surface area (Å²) >= 11 is 0. The van der Waals surface area contributed by atoms with E-state index in [-0.39, 0.29) is 24.2 Å². The Labute approximate surface area is 187 Å². The van der Waals surface area contributed by atoms with Crippen molar-refractivity contribution in [3.8, 4) is 18.4 Å². The molecule has 1 heterocycles. The van der Waals surface area contributed by atoms with Gasteiger partial charge in [-0.3, -0.25) is 4.79 Å². The van der Waals surface area contributed by atoms with E-state index in [4.69, 9.17) is 21.0 Å². The van der Waals surface area contributed by atoms with Crippen LogP contribution >= 0.6 is 0 Å². The van der Waals surface area contributed by atoms with Crippen LogP contribution in [0.15, 0.2) is 0 Å². The number of carboxylic acid groups (broad SMARTS) is 1. The molecule has 6 nitrogen and oxygen atoms in total. The van der Waals surface area contributed by atoms with E-state index in [9.17, 15) is 15.2 Å². The van der Waals surface area contributed by atoms with E-state index in [1.54, 1.807) is 0 Å². The molecule has 1 saturated heterocycles. The Kier molecular flexibility index (Phi) is 10.3. The molecular formula is C25H39NO5. The molecule has 0 aromatic carbocycles. The molecule has 1 aliphatic carbocycles. The minimum Gasteiger partial charge on any atom is -0.481 e. The van der Waals surface area contributed by atoms with Crippen molar-refractivity contribution in [3.63, 3.8) is 0 Å². The zero-order valence-corrected chi connectivity index (χ0v) is 19.0.